The molecule has 2 aliphatic rings. The lowest BCUT2D eigenvalue weighted by Crippen LogP contribution is -2.61. The molecule has 2 fully saturated rings. The fraction of sp³-hybridized carbons (Fsp3) is 0.579. The summed E-state index contributed by atoms with van der Waals surface area (Å²) in [5.74, 6) is -2.05. The second kappa shape index (κ2) is 10.4. The van der Waals surface area contributed by atoms with Crippen molar-refractivity contribution in [2.45, 2.75) is 31.5 Å². The van der Waals surface area contributed by atoms with Gasteiger partial charge in [-0.25, -0.2) is 0 Å². The SMILES string of the molecule is Cl.O=C(Cc1ccc(Cl)c(Cl)c1)N1CCN(C(=O)C(F)(F)F)CC1CN1CCCC1. The van der Waals surface area contributed by atoms with E-state index < -0.39 is 18.1 Å². The lowest BCUT2D eigenvalue weighted by atomic mass is 10.1. The van der Waals surface area contributed by atoms with E-state index in [-0.39, 0.29) is 44.4 Å². The van der Waals surface area contributed by atoms with E-state index in [1.54, 1.807) is 23.1 Å². The van der Waals surface area contributed by atoms with Crippen LogP contribution in [0.25, 0.3) is 0 Å². The van der Waals surface area contributed by atoms with Crippen LogP contribution in [0.15, 0.2) is 18.2 Å². The third-order valence-corrected chi connectivity index (χ3v) is 6.08. The Kier molecular flexibility index (Phi) is 8.68. The van der Waals surface area contributed by atoms with Crippen molar-refractivity contribution in [2.75, 3.05) is 39.3 Å². The Morgan fingerprint density at radius 1 is 1.03 bits per heavy atom. The maximum atomic E-state index is 12.9. The molecule has 5 nitrogen and oxygen atoms in total. The number of rotatable bonds is 4. The van der Waals surface area contributed by atoms with Crippen molar-refractivity contribution in [1.29, 1.82) is 0 Å². The summed E-state index contributed by atoms with van der Waals surface area (Å²) < 4.78 is 38.6. The van der Waals surface area contributed by atoms with Crippen LogP contribution in [0.2, 0.25) is 10.0 Å². The molecule has 1 aromatic rings. The number of nitrogens with zero attached hydrogens (tertiary/aromatic N) is 3. The summed E-state index contributed by atoms with van der Waals surface area (Å²) in [6.07, 6.45) is -2.80. The average Bonchev–Trinajstić information content (AvgIpc) is 3.16. The van der Waals surface area contributed by atoms with Crippen molar-refractivity contribution in [3.8, 4) is 0 Å². The molecule has 1 aromatic carbocycles. The van der Waals surface area contributed by atoms with Gasteiger partial charge in [-0.15, -0.1) is 12.4 Å². The van der Waals surface area contributed by atoms with Crippen molar-refractivity contribution < 1.29 is 22.8 Å². The van der Waals surface area contributed by atoms with E-state index in [0.717, 1.165) is 30.8 Å². The molecule has 11 heteroatoms. The van der Waals surface area contributed by atoms with Gasteiger partial charge in [-0.1, -0.05) is 29.3 Å². The van der Waals surface area contributed by atoms with Gasteiger partial charge >= 0.3 is 12.1 Å². The van der Waals surface area contributed by atoms with Crippen LogP contribution < -0.4 is 0 Å². The summed E-state index contributed by atoms with van der Waals surface area (Å²) in [4.78, 5) is 29.2. The van der Waals surface area contributed by atoms with Gasteiger partial charge in [-0.3, -0.25) is 9.59 Å². The largest absolute Gasteiger partial charge is 0.471 e. The molecular formula is C19H23Cl3F3N3O2. The number of likely N-dealkylation sites (tertiary alicyclic amines) is 1. The number of hydrogen-bond acceptors (Lipinski definition) is 3. The maximum Gasteiger partial charge on any atom is 0.471 e. The number of benzene rings is 1. The molecule has 0 bridgehead atoms. The van der Waals surface area contributed by atoms with Gasteiger partial charge in [0.05, 0.1) is 22.5 Å². The van der Waals surface area contributed by atoms with E-state index in [0.29, 0.717) is 22.2 Å². The minimum absolute atomic E-state index is 0. The minimum atomic E-state index is -4.91. The lowest BCUT2D eigenvalue weighted by Gasteiger charge is -2.43. The lowest BCUT2D eigenvalue weighted by molar-refractivity contribution is -0.188. The van der Waals surface area contributed by atoms with Crippen molar-refractivity contribution >= 4 is 47.4 Å². The fourth-order valence-corrected chi connectivity index (χ4v) is 4.21. The van der Waals surface area contributed by atoms with E-state index >= 15 is 0 Å². The molecule has 0 radical (unpaired) electrons. The highest BCUT2D eigenvalue weighted by molar-refractivity contribution is 6.42. The monoisotopic (exact) mass is 487 g/mol. The molecule has 2 aliphatic heterocycles. The standard InChI is InChI=1S/C19H22Cl2F3N3O2.ClH/c20-15-4-3-13(9-16(15)21)10-17(28)27-8-7-26(18(29)19(22,23)24)12-14(27)11-25-5-1-2-6-25;/h3-4,9,14H,1-2,5-8,10-12H2;1H. The molecule has 1 atom stereocenters. The summed E-state index contributed by atoms with van der Waals surface area (Å²) in [6.45, 7) is 1.95. The smallest absolute Gasteiger partial charge is 0.335 e. The minimum Gasteiger partial charge on any atom is -0.335 e. The Hall–Kier alpha value is -1.22. The van der Waals surface area contributed by atoms with Gasteiger partial charge in [0.1, 0.15) is 0 Å². The Morgan fingerprint density at radius 3 is 2.30 bits per heavy atom. The first-order valence-electron chi connectivity index (χ1n) is 9.47. The Balaban J connectivity index is 0.00000320. The fourth-order valence-electron chi connectivity index (χ4n) is 3.89. The molecular weight excluding hydrogens is 466 g/mol. The quantitative estimate of drug-likeness (QED) is 0.650. The van der Waals surface area contributed by atoms with E-state index in [4.69, 9.17) is 23.2 Å². The molecule has 0 saturated carbocycles. The highest BCUT2D eigenvalue weighted by atomic mass is 35.5. The zero-order valence-electron chi connectivity index (χ0n) is 16.1. The third kappa shape index (κ3) is 6.15. The van der Waals surface area contributed by atoms with Gasteiger partial charge < -0.3 is 14.7 Å². The molecule has 2 heterocycles. The zero-order valence-corrected chi connectivity index (χ0v) is 18.5. The normalized spacial score (nSPS) is 20.2. The number of hydrogen-bond donors (Lipinski definition) is 0. The number of halogens is 6. The summed E-state index contributed by atoms with van der Waals surface area (Å²) >= 11 is 11.9. The van der Waals surface area contributed by atoms with E-state index in [1.807, 2.05) is 0 Å². The van der Waals surface area contributed by atoms with Crippen LogP contribution in [0.4, 0.5) is 13.2 Å². The van der Waals surface area contributed by atoms with Crippen LogP contribution in [0.1, 0.15) is 18.4 Å². The highest BCUT2D eigenvalue weighted by Gasteiger charge is 2.45. The number of carbonyl (C=O) groups excluding carboxylic acids is 2. The van der Waals surface area contributed by atoms with E-state index in [1.165, 1.54) is 0 Å². The van der Waals surface area contributed by atoms with Gasteiger partial charge in [0.2, 0.25) is 5.91 Å². The molecule has 168 valence electrons. The van der Waals surface area contributed by atoms with Crippen molar-refractivity contribution in [3.05, 3.63) is 33.8 Å². The van der Waals surface area contributed by atoms with Gasteiger partial charge in [-0.2, -0.15) is 13.2 Å². The highest BCUT2D eigenvalue weighted by Crippen LogP contribution is 2.25. The summed E-state index contributed by atoms with van der Waals surface area (Å²) in [7, 11) is 0. The molecule has 0 N–H and O–H groups in total. The predicted molar refractivity (Wildman–Crippen MR) is 111 cm³/mol. The molecule has 0 aromatic heterocycles. The van der Waals surface area contributed by atoms with E-state index in [9.17, 15) is 22.8 Å². The Bertz CT molecular complexity index is 773. The maximum absolute atomic E-state index is 12.9. The zero-order chi connectivity index (χ0) is 21.2. The molecule has 0 spiro atoms. The number of alkyl halides is 3. The van der Waals surface area contributed by atoms with Crippen molar-refractivity contribution in [3.63, 3.8) is 0 Å². The van der Waals surface area contributed by atoms with Gasteiger partial charge in [-0.05, 0) is 43.6 Å². The topological polar surface area (TPSA) is 43.9 Å². The number of carbonyl (C=O) groups is 2. The van der Waals surface area contributed by atoms with Gasteiger partial charge in [0.15, 0.2) is 0 Å². The van der Waals surface area contributed by atoms with Gasteiger partial charge in [0.25, 0.3) is 0 Å². The summed E-state index contributed by atoms with van der Waals surface area (Å²) in [5, 5.41) is 0.722. The van der Waals surface area contributed by atoms with Crippen LogP contribution in [0.5, 0.6) is 0 Å². The second-order valence-electron chi connectivity index (χ2n) is 7.42. The summed E-state index contributed by atoms with van der Waals surface area (Å²) in [5.41, 5.74) is 0.679. The molecule has 0 aliphatic carbocycles. The number of piperazine rings is 1. The van der Waals surface area contributed by atoms with Crippen LogP contribution >= 0.6 is 35.6 Å². The first-order chi connectivity index (χ1) is 13.6. The van der Waals surface area contributed by atoms with Gasteiger partial charge in [0, 0.05) is 26.2 Å². The number of amides is 2. The third-order valence-electron chi connectivity index (χ3n) is 5.34. The Morgan fingerprint density at radius 2 is 1.70 bits per heavy atom. The average molecular weight is 489 g/mol. The second-order valence-corrected chi connectivity index (χ2v) is 8.24. The molecule has 1 unspecified atom stereocenters. The molecule has 3 rings (SSSR count). The molecule has 30 heavy (non-hydrogen) atoms. The first-order valence-corrected chi connectivity index (χ1v) is 10.2. The van der Waals surface area contributed by atoms with Crippen LogP contribution in [0.3, 0.4) is 0 Å². The molecule has 2 amide bonds. The van der Waals surface area contributed by atoms with Crippen LogP contribution in [0, 0.1) is 0 Å². The first kappa shape index (κ1) is 25.0. The summed E-state index contributed by atoms with van der Waals surface area (Å²) in [6, 6.07) is 4.43. The van der Waals surface area contributed by atoms with Crippen molar-refractivity contribution in [2.24, 2.45) is 0 Å². The van der Waals surface area contributed by atoms with Crippen LogP contribution in [-0.4, -0.2) is 78.0 Å². The predicted octanol–water partition coefficient (Wildman–Crippen LogP) is 3.66. The Labute approximate surface area is 189 Å². The molecule has 2 saturated heterocycles. The van der Waals surface area contributed by atoms with E-state index in [2.05, 4.69) is 4.90 Å². The van der Waals surface area contributed by atoms with Crippen molar-refractivity contribution in [1.82, 2.24) is 14.7 Å². The van der Waals surface area contributed by atoms with Crippen LogP contribution in [-0.2, 0) is 16.0 Å².